The summed E-state index contributed by atoms with van der Waals surface area (Å²) in [5.74, 6) is 11.3. The van der Waals surface area contributed by atoms with Crippen LogP contribution in [0.15, 0.2) is 42.5 Å². The Kier molecular flexibility index (Phi) is 5.03. The highest BCUT2D eigenvalue weighted by Crippen LogP contribution is 2.60. The molecule has 0 saturated heterocycles. The monoisotopic (exact) mass is 424 g/mol. The third-order valence-corrected chi connectivity index (χ3v) is 7.51. The van der Waals surface area contributed by atoms with Gasteiger partial charge in [0.15, 0.2) is 0 Å². The van der Waals surface area contributed by atoms with Crippen LogP contribution in [0.2, 0.25) is 0 Å². The van der Waals surface area contributed by atoms with Crippen LogP contribution in [-0.2, 0) is 5.41 Å². The zero-order chi connectivity index (χ0) is 22.3. The number of hydrogen-bond donors (Lipinski definition) is 2. The smallest absolute Gasteiger partial charge is 0.337 e. The Bertz CT molecular complexity index is 1180. The summed E-state index contributed by atoms with van der Waals surface area (Å²) in [7, 11) is 0. The van der Waals surface area contributed by atoms with Crippen LogP contribution in [0, 0.1) is 41.4 Å². The van der Waals surface area contributed by atoms with Gasteiger partial charge in [-0.25, -0.2) is 9.59 Å². The maximum Gasteiger partial charge on any atom is 0.337 e. The van der Waals surface area contributed by atoms with Gasteiger partial charge < -0.3 is 10.2 Å². The Morgan fingerprint density at radius 3 is 1.94 bits per heavy atom. The number of hydrogen-bond acceptors (Lipinski definition) is 2. The summed E-state index contributed by atoms with van der Waals surface area (Å²) >= 11 is 0. The maximum atomic E-state index is 11.5. The molecule has 4 aliphatic rings. The molecule has 0 atom stereocenters. The summed E-state index contributed by atoms with van der Waals surface area (Å²) in [6, 6.07) is 12.8. The molecule has 2 aromatic carbocycles. The van der Waals surface area contributed by atoms with Gasteiger partial charge in [0.1, 0.15) is 0 Å². The first-order valence-corrected chi connectivity index (χ1v) is 11.2. The predicted octanol–water partition coefficient (Wildman–Crippen LogP) is 4.95. The minimum Gasteiger partial charge on any atom is -0.478 e. The van der Waals surface area contributed by atoms with Crippen molar-refractivity contribution in [1.82, 2.24) is 0 Å². The highest BCUT2D eigenvalue weighted by Gasteiger charge is 2.51. The van der Waals surface area contributed by atoms with Gasteiger partial charge in [-0.2, -0.15) is 0 Å². The number of benzene rings is 2. The number of rotatable bonds is 3. The summed E-state index contributed by atoms with van der Waals surface area (Å²) in [4.78, 5) is 22.8. The van der Waals surface area contributed by atoms with E-state index >= 15 is 0 Å². The summed E-state index contributed by atoms with van der Waals surface area (Å²) in [5.41, 5.74) is 2.23. The van der Waals surface area contributed by atoms with Gasteiger partial charge in [0, 0.05) is 11.1 Å². The third kappa shape index (κ3) is 3.67. The van der Waals surface area contributed by atoms with Gasteiger partial charge in [0.2, 0.25) is 0 Å². The van der Waals surface area contributed by atoms with E-state index in [2.05, 4.69) is 47.9 Å². The van der Waals surface area contributed by atoms with E-state index in [1.165, 1.54) is 62.3 Å². The second-order valence-corrected chi connectivity index (χ2v) is 9.61. The van der Waals surface area contributed by atoms with Gasteiger partial charge >= 0.3 is 11.9 Å². The minimum atomic E-state index is -1.32. The Morgan fingerprint density at radius 1 is 0.781 bits per heavy atom. The molecule has 6 rings (SSSR count). The fourth-order valence-electron chi connectivity index (χ4n) is 6.64. The molecule has 4 saturated carbocycles. The molecule has 4 fully saturated rings. The summed E-state index contributed by atoms with van der Waals surface area (Å²) in [6.45, 7) is 0. The molecule has 4 aliphatic carbocycles. The normalized spacial score (nSPS) is 27.1. The van der Waals surface area contributed by atoms with Crippen LogP contribution in [0.4, 0.5) is 0 Å². The van der Waals surface area contributed by atoms with Crippen molar-refractivity contribution >= 4 is 11.9 Å². The molecule has 160 valence electrons. The van der Waals surface area contributed by atoms with Crippen molar-refractivity contribution in [3.8, 4) is 23.7 Å². The molecule has 2 N–H and O–H groups in total. The highest BCUT2D eigenvalue weighted by atomic mass is 16.4. The van der Waals surface area contributed by atoms with Crippen molar-refractivity contribution in [3.05, 3.63) is 70.3 Å². The molecule has 4 nitrogen and oxygen atoms in total. The van der Waals surface area contributed by atoms with Crippen molar-refractivity contribution in [2.75, 3.05) is 0 Å². The van der Waals surface area contributed by atoms with E-state index in [4.69, 9.17) is 0 Å². The lowest BCUT2D eigenvalue weighted by Gasteiger charge is -2.57. The average Bonchev–Trinajstić information content (AvgIpc) is 2.75. The molecule has 32 heavy (non-hydrogen) atoms. The standard InChI is InChI=1S/C28H24O4/c29-26(30)24-7-3-6-22(25(24)27(31)32)5-2-1-4-18-8-10-23(11-9-18)28-15-19-12-20(16-28)14-21(13-19)17-28/h3,6-11,19-21H,12-17H2,(H,29,30)(H,31,32). The van der Waals surface area contributed by atoms with E-state index in [9.17, 15) is 19.8 Å². The molecule has 0 aromatic heterocycles. The van der Waals surface area contributed by atoms with Gasteiger partial charge in [-0.05, 0) is 103 Å². The quantitative estimate of drug-likeness (QED) is 0.684. The van der Waals surface area contributed by atoms with Crippen LogP contribution in [0.1, 0.15) is 75.9 Å². The van der Waals surface area contributed by atoms with E-state index in [1.54, 1.807) is 0 Å². The second-order valence-electron chi connectivity index (χ2n) is 9.61. The van der Waals surface area contributed by atoms with Crippen molar-refractivity contribution in [2.24, 2.45) is 17.8 Å². The zero-order valence-electron chi connectivity index (χ0n) is 17.7. The third-order valence-electron chi connectivity index (χ3n) is 7.51. The van der Waals surface area contributed by atoms with Crippen LogP contribution in [0.5, 0.6) is 0 Å². The van der Waals surface area contributed by atoms with Crippen molar-refractivity contribution in [3.63, 3.8) is 0 Å². The molecule has 4 bridgehead atoms. The second kappa shape index (κ2) is 7.88. The average molecular weight is 424 g/mol. The molecular formula is C28H24O4. The number of carboxylic acid groups (broad SMARTS) is 2. The molecular weight excluding hydrogens is 400 g/mol. The molecule has 2 aromatic rings. The van der Waals surface area contributed by atoms with E-state index < -0.39 is 11.9 Å². The van der Waals surface area contributed by atoms with Crippen LogP contribution in [0.3, 0.4) is 0 Å². The molecule has 0 radical (unpaired) electrons. The van der Waals surface area contributed by atoms with Crippen molar-refractivity contribution in [2.45, 2.75) is 43.9 Å². The lowest BCUT2D eigenvalue weighted by molar-refractivity contribution is -0.00519. The summed E-state index contributed by atoms with van der Waals surface area (Å²) < 4.78 is 0. The summed E-state index contributed by atoms with van der Waals surface area (Å²) in [5, 5.41) is 18.6. The topological polar surface area (TPSA) is 74.6 Å². The van der Waals surface area contributed by atoms with Crippen LogP contribution < -0.4 is 0 Å². The first kappa shape index (κ1) is 20.4. The van der Waals surface area contributed by atoms with Crippen LogP contribution >= 0.6 is 0 Å². The Morgan fingerprint density at radius 2 is 1.38 bits per heavy atom. The Labute approximate surface area is 187 Å². The Hall–Kier alpha value is -3.50. The fraction of sp³-hybridized carbons (Fsp3) is 0.357. The predicted molar refractivity (Wildman–Crippen MR) is 120 cm³/mol. The summed E-state index contributed by atoms with van der Waals surface area (Å²) in [6.07, 6.45) is 8.28. The lowest BCUT2D eigenvalue weighted by Crippen LogP contribution is -2.48. The van der Waals surface area contributed by atoms with Gasteiger partial charge in [0.05, 0.1) is 11.1 Å². The van der Waals surface area contributed by atoms with E-state index in [1.807, 2.05) is 0 Å². The van der Waals surface area contributed by atoms with Gasteiger partial charge in [-0.1, -0.05) is 30.0 Å². The van der Waals surface area contributed by atoms with Crippen molar-refractivity contribution < 1.29 is 19.8 Å². The fourth-order valence-corrected chi connectivity index (χ4v) is 6.64. The lowest BCUT2D eigenvalue weighted by atomic mass is 9.48. The van der Waals surface area contributed by atoms with E-state index in [-0.39, 0.29) is 16.7 Å². The largest absolute Gasteiger partial charge is 0.478 e. The number of carbonyl (C=O) groups is 2. The van der Waals surface area contributed by atoms with Gasteiger partial charge in [-0.15, -0.1) is 0 Å². The SMILES string of the molecule is O=C(O)c1cccc(C#CC#Cc2ccc(C34CC5CC(CC(C5)C3)C4)cc2)c1C(=O)O. The van der Waals surface area contributed by atoms with Crippen molar-refractivity contribution in [1.29, 1.82) is 0 Å². The van der Waals surface area contributed by atoms with Crippen LogP contribution in [-0.4, -0.2) is 22.2 Å². The minimum absolute atomic E-state index is 0.142. The molecule has 0 amide bonds. The molecule has 4 heteroatoms. The zero-order valence-corrected chi connectivity index (χ0v) is 17.7. The maximum absolute atomic E-state index is 11.5. The first-order valence-electron chi connectivity index (χ1n) is 11.2. The molecule has 0 aliphatic heterocycles. The molecule has 0 heterocycles. The first-order chi connectivity index (χ1) is 15.4. The number of aromatic carboxylic acids is 2. The van der Waals surface area contributed by atoms with E-state index in [0.29, 0.717) is 5.41 Å². The molecule has 0 spiro atoms. The van der Waals surface area contributed by atoms with E-state index in [0.717, 1.165) is 23.3 Å². The molecule has 0 unspecified atom stereocenters. The number of carboxylic acids is 2. The van der Waals surface area contributed by atoms with Crippen LogP contribution in [0.25, 0.3) is 0 Å². The highest BCUT2D eigenvalue weighted by molar-refractivity contribution is 6.03. The van der Waals surface area contributed by atoms with Gasteiger partial charge in [0.25, 0.3) is 0 Å². The van der Waals surface area contributed by atoms with Gasteiger partial charge in [-0.3, -0.25) is 0 Å². The Balaban J connectivity index is 1.35.